The second-order valence-corrected chi connectivity index (χ2v) is 6.31. The zero-order valence-electron chi connectivity index (χ0n) is 11.9. The summed E-state index contributed by atoms with van der Waals surface area (Å²) in [7, 11) is 0. The third-order valence-corrected chi connectivity index (χ3v) is 5.14. The molecule has 2 aliphatic rings. The standard InChI is InChI=1S/C15H26N2O/c1-5-9-17(6-2)11-15(16)12-8-7-10-18-13(12)14(15,3)4/h1,12-13H,6-11,16H2,2-4H3. The van der Waals surface area contributed by atoms with E-state index in [1.165, 1.54) is 6.42 Å². The van der Waals surface area contributed by atoms with Gasteiger partial charge in [0, 0.05) is 30.0 Å². The Hall–Kier alpha value is -0.560. The van der Waals surface area contributed by atoms with Crippen LogP contribution in [-0.4, -0.2) is 42.8 Å². The molecule has 3 nitrogen and oxygen atoms in total. The van der Waals surface area contributed by atoms with Gasteiger partial charge in [0.1, 0.15) is 0 Å². The van der Waals surface area contributed by atoms with Crippen molar-refractivity contribution >= 4 is 0 Å². The van der Waals surface area contributed by atoms with Crippen molar-refractivity contribution in [1.29, 1.82) is 0 Å². The molecule has 0 aromatic heterocycles. The molecule has 0 spiro atoms. The van der Waals surface area contributed by atoms with Gasteiger partial charge in [0.2, 0.25) is 0 Å². The Balaban J connectivity index is 2.11. The van der Waals surface area contributed by atoms with Crippen molar-refractivity contribution in [3.05, 3.63) is 0 Å². The number of ether oxygens (including phenoxy) is 1. The monoisotopic (exact) mass is 250 g/mol. The molecular weight excluding hydrogens is 224 g/mol. The van der Waals surface area contributed by atoms with Gasteiger partial charge in [-0.05, 0) is 19.4 Å². The number of nitrogens with two attached hydrogens (primary N) is 1. The molecule has 1 saturated heterocycles. The van der Waals surface area contributed by atoms with Gasteiger partial charge in [0.15, 0.2) is 0 Å². The van der Waals surface area contributed by atoms with Crippen molar-refractivity contribution in [3.63, 3.8) is 0 Å². The van der Waals surface area contributed by atoms with Crippen molar-refractivity contribution in [2.24, 2.45) is 17.1 Å². The summed E-state index contributed by atoms with van der Waals surface area (Å²) >= 11 is 0. The number of hydrogen-bond donors (Lipinski definition) is 1. The van der Waals surface area contributed by atoms with E-state index in [2.05, 4.69) is 31.6 Å². The van der Waals surface area contributed by atoms with Crippen LogP contribution >= 0.6 is 0 Å². The maximum atomic E-state index is 6.75. The molecule has 2 fully saturated rings. The highest BCUT2D eigenvalue weighted by molar-refractivity contribution is 5.21. The SMILES string of the molecule is C#CCN(CC)CC1(N)C2CCCOC2C1(C)C. The summed E-state index contributed by atoms with van der Waals surface area (Å²) in [6, 6.07) is 0. The highest BCUT2D eigenvalue weighted by Gasteiger charge is 2.66. The maximum absolute atomic E-state index is 6.75. The molecule has 3 unspecified atom stereocenters. The van der Waals surface area contributed by atoms with Crippen molar-refractivity contribution in [2.45, 2.75) is 45.3 Å². The largest absolute Gasteiger partial charge is 0.377 e. The van der Waals surface area contributed by atoms with Crippen LogP contribution in [0.3, 0.4) is 0 Å². The zero-order chi connectivity index (χ0) is 13.4. The van der Waals surface area contributed by atoms with Gasteiger partial charge in [-0.3, -0.25) is 4.90 Å². The summed E-state index contributed by atoms with van der Waals surface area (Å²) in [5.41, 5.74) is 6.63. The average Bonchev–Trinajstić information content (AvgIpc) is 2.38. The Morgan fingerprint density at radius 2 is 2.22 bits per heavy atom. The number of nitrogens with zero attached hydrogens (tertiary/aromatic N) is 1. The summed E-state index contributed by atoms with van der Waals surface area (Å²) in [6.07, 6.45) is 8.09. The number of fused-ring (bicyclic) bond motifs is 1. The summed E-state index contributed by atoms with van der Waals surface area (Å²) in [5, 5.41) is 0. The van der Waals surface area contributed by atoms with Crippen LogP contribution in [0.15, 0.2) is 0 Å². The fourth-order valence-electron chi connectivity index (χ4n) is 3.77. The van der Waals surface area contributed by atoms with E-state index in [-0.39, 0.29) is 11.0 Å². The first-order chi connectivity index (χ1) is 8.47. The molecule has 0 aromatic rings. The minimum Gasteiger partial charge on any atom is -0.377 e. The number of hydrogen-bond acceptors (Lipinski definition) is 3. The highest BCUT2D eigenvalue weighted by Crippen LogP contribution is 2.57. The van der Waals surface area contributed by atoms with Crippen LogP contribution in [0.25, 0.3) is 0 Å². The topological polar surface area (TPSA) is 38.5 Å². The van der Waals surface area contributed by atoms with Crippen molar-refractivity contribution in [1.82, 2.24) is 4.90 Å². The minimum atomic E-state index is -0.162. The summed E-state index contributed by atoms with van der Waals surface area (Å²) in [6.45, 7) is 10.0. The molecule has 1 saturated carbocycles. The molecule has 2 N–H and O–H groups in total. The molecule has 0 radical (unpaired) electrons. The zero-order valence-corrected chi connectivity index (χ0v) is 11.9. The van der Waals surface area contributed by atoms with Gasteiger partial charge in [0.25, 0.3) is 0 Å². The van der Waals surface area contributed by atoms with E-state index in [9.17, 15) is 0 Å². The summed E-state index contributed by atoms with van der Waals surface area (Å²) in [5.74, 6) is 3.22. The molecular formula is C15H26N2O. The molecule has 102 valence electrons. The fourth-order valence-corrected chi connectivity index (χ4v) is 3.77. The molecule has 18 heavy (non-hydrogen) atoms. The molecule has 1 aliphatic heterocycles. The Bertz CT molecular complexity index is 347. The minimum absolute atomic E-state index is 0.0418. The van der Waals surface area contributed by atoms with Gasteiger partial charge in [-0.1, -0.05) is 26.7 Å². The van der Waals surface area contributed by atoms with Crippen LogP contribution in [0.4, 0.5) is 0 Å². The molecule has 3 heteroatoms. The van der Waals surface area contributed by atoms with E-state index in [1.54, 1.807) is 0 Å². The quantitative estimate of drug-likeness (QED) is 0.768. The van der Waals surface area contributed by atoms with Crippen LogP contribution in [0.5, 0.6) is 0 Å². The van der Waals surface area contributed by atoms with Crippen molar-refractivity contribution in [3.8, 4) is 12.3 Å². The Labute approximate surface area is 111 Å². The van der Waals surface area contributed by atoms with Gasteiger partial charge >= 0.3 is 0 Å². The molecule has 1 aliphatic carbocycles. The fraction of sp³-hybridized carbons (Fsp3) is 0.867. The number of terminal acetylenes is 1. The lowest BCUT2D eigenvalue weighted by molar-refractivity contribution is -0.231. The van der Waals surface area contributed by atoms with Crippen LogP contribution in [-0.2, 0) is 4.74 Å². The second-order valence-electron chi connectivity index (χ2n) is 6.31. The van der Waals surface area contributed by atoms with Crippen molar-refractivity contribution in [2.75, 3.05) is 26.2 Å². The first kappa shape index (κ1) is 13.9. The van der Waals surface area contributed by atoms with Gasteiger partial charge in [0.05, 0.1) is 12.6 Å². The van der Waals surface area contributed by atoms with Crippen molar-refractivity contribution < 1.29 is 4.74 Å². The van der Waals surface area contributed by atoms with Gasteiger partial charge in [-0.2, -0.15) is 0 Å². The Morgan fingerprint density at radius 1 is 1.50 bits per heavy atom. The van der Waals surface area contributed by atoms with E-state index < -0.39 is 0 Å². The van der Waals surface area contributed by atoms with Gasteiger partial charge in [-0.15, -0.1) is 6.42 Å². The average molecular weight is 250 g/mol. The van der Waals surface area contributed by atoms with E-state index in [4.69, 9.17) is 16.9 Å². The Kier molecular flexibility index (Phi) is 3.73. The molecule has 1 heterocycles. The molecule has 3 atom stereocenters. The molecule has 0 amide bonds. The third-order valence-electron chi connectivity index (χ3n) is 5.14. The third kappa shape index (κ3) is 1.87. The molecule has 2 rings (SSSR count). The normalized spacial score (nSPS) is 37.8. The van der Waals surface area contributed by atoms with E-state index in [0.29, 0.717) is 18.6 Å². The highest BCUT2D eigenvalue weighted by atomic mass is 16.5. The molecule has 0 bridgehead atoms. The smallest absolute Gasteiger partial charge is 0.0690 e. The Morgan fingerprint density at radius 3 is 2.83 bits per heavy atom. The second kappa shape index (κ2) is 4.85. The first-order valence-corrected chi connectivity index (χ1v) is 7.03. The van der Waals surface area contributed by atoms with Crippen LogP contribution in [0.2, 0.25) is 0 Å². The summed E-state index contributed by atoms with van der Waals surface area (Å²) < 4.78 is 5.92. The first-order valence-electron chi connectivity index (χ1n) is 7.03. The number of rotatable bonds is 4. The van der Waals surface area contributed by atoms with E-state index >= 15 is 0 Å². The maximum Gasteiger partial charge on any atom is 0.0690 e. The summed E-state index contributed by atoms with van der Waals surface area (Å²) in [4.78, 5) is 2.27. The van der Waals surface area contributed by atoms with Crippen LogP contribution in [0.1, 0.15) is 33.6 Å². The number of likely N-dealkylation sites (N-methyl/N-ethyl adjacent to an activating group) is 1. The van der Waals surface area contributed by atoms with E-state index in [0.717, 1.165) is 26.1 Å². The molecule has 0 aromatic carbocycles. The lowest BCUT2D eigenvalue weighted by Crippen LogP contribution is -2.80. The van der Waals surface area contributed by atoms with Gasteiger partial charge in [-0.25, -0.2) is 0 Å². The van der Waals surface area contributed by atoms with Crippen LogP contribution < -0.4 is 5.73 Å². The lowest BCUT2D eigenvalue weighted by atomic mass is 9.46. The lowest BCUT2D eigenvalue weighted by Gasteiger charge is -2.67. The predicted molar refractivity (Wildman–Crippen MR) is 74.1 cm³/mol. The predicted octanol–water partition coefficient (Wildman–Crippen LogP) is 1.47. The van der Waals surface area contributed by atoms with Crippen LogP contribution in [0, 0.1) is 23.7 Å². The van der Waals surface area contributed by atoms with E-state index in [1.807, 2.05) is 0 Å². The van der Waals surface area contributed by atoms with Gasteiger partial charge < -0.3 is 10.5 Å².